The van der Waals surface area contributed by atoms with E-state index < -0.39 is 0 Å². The molecule has 1 aromatic heterocycles. The maximum Gasteiger partial charge on any atom is 0.214 e. The molecule has 2 aliphatic rings. The van der Waals surface area contributed by atoms with Gasteiger partial charge in [-0.05, 0) is 59.6 Å². The van der Waals surface area contributed by atoms with E-state index in [9.17, 15) is 0 Å². The van der Waals surface area contributed by atoms with Gasteiger partial charge in [0, 0.05) is 17.5 Å². The van der Waals surface area contributed by atoms with Gasteiger partial charge in [-0.1, -0.05) is 12.1 Å². The van der Waals surface area contributed by atoms with Crippen LogP contribution in [0.3, 0.4) is 0 Å². The topological polar surface area (TPSA) is 43.3 Å². The number of fused-ring (bicyclic) bond motifs is 3. The van der Waals surface area contributed by atoms with Gasteiger partial charge in [0.1, 0.15) is 5.75 Å². The number of hydrazone groups is 1. The van der Waals surface area contributed by atoms with Crippen LogP contribution in [-0.4, -0.2) is 24.4 Å². The second-order valence-corrected chi connectivity index (χ2v) is 7.79. The van der Waals surface area contributed by atoms with Crippen LogP contribution in [0, 0.1) is 0 Å². The van der Waals surface area contributed by atoms with E-state index in [4.69, 9.17) is 19.3 Å². The van der Waals surface area contributed by atoms with E-state index in [2.05, 4.69) is 40.0 Å². The Hall–Kier alpha value is -2.99. The third kappa shape index (κ3) is 3.13. The highest BCUT2D eigenvalue weighted by Crippen LogP contribution is 2.50. The minimum Gasteiger partial charge on any atom is -0.494 e. The van der Waals surface area contributed by atoms with E-state index in [0.717, 1.165) is 46.1 Å². The normalized spacial score (nSPS) is 19.8. The predicted octanol–water partition coefficient (Wildman–Crippen LogP) is 5.40. The van der Waals surface area contributed by atoms with Gasteiger partial charge in [-0.3, -0.25) is 0 Å². The quantitative estimate of drug-likeness (QED) is 0.569. The van der Waals surface area contributed by atoms with E-state index in [1.807, 2.05) is 31.2 Å². The van der Waals surface area contributed by atoms with Crippen LogP contribution in [0.5, 0.6) is 17.2 Å². The molecule has 3 aromatic rings. The molecule has 3 heterocycles. The first-order valence-electron chi connectivity index (χ1n) is 9.73. The van der Waals surface area contributed by atoms with Crippen LogP contribution in [0.4, 0.5) is 0 Å². The molecule has 6 heteroatoms. The van der Waals surface area contributed by atoms with Crippen molar-refractivity contribution in [2.75, 3.05) is 13.7 Å². The molecular formula is C23H22N2O3S. The fraction of sp³-hybridized carbons (Fsp3) is 0.261. The molecule has 5 rings (SSSR count). The van der Waals surface area contributed by atoms with Crippen LogP contribution in [0.1, 0.15) is 42.3 Å². The third-order valence-electron chi connectivity index (χ3n) is 5.33. The summed E-state index contributed by atoms with van der Waals surface area (Å²) >= 11 is 1.66. The highest BCUT2D eigenvalue weighted by Gasteiger charge is 2.42. The zero-order valence-electron chi connectivity index (χ0n) is 16.4. The van der Waals surface area contributed by atoms with Crippen molar-refractivity contribution >= 4 is 17.0 Å². The van der Waals surface area contributed by atoms with Gasteiger partial charge in [0.25, 0.3) is 0 Å². The number of hydrogen-bond donors (Lipinski definition) is 0. The minimum absolute atomic E-state index is 0.111. The molecule has 0 saturated carbocycles. The lowest BCUT2D eigenvalue weighted by molar-refractivity contribution is -0.0206. The molecule has 0 radical (unpaired) electrons. The Morgan fingerprint density at radius 2 is 2.03 bits per heavy atom. The van der Waals surface area contributed by atoms with E-state index in [1.54, 1.807) is 18.4 Å². The molecule has 0 amide bonds. The Bertz CT molecular complexity index is 1030. The zero-order chi connectivity index (χ0) is 19.8. The Morgan fingerprint density at radius 1 is 1.17 bits per heavy atom. The number of ether oxygens (including phenoxy) is 3. The van der Waals surface area contributed by atoms with Gasteiger partial charge in [0.05, 0.1) is 25.5 Å². The molecule has 5 nitrogen and oxygen atoms in total. The van der Waals surface area contributed by atoms with Crippen LogP contribution in [0.2, 0.25) is 0 Å². The molecule has 2 aromatic carbocycles. The molecule has 0 bridgehead atoms. The second-order valence-electron chi connectivity index (χ2n) is 7.01. The summed E-state index contributed by atoms with van der Waals surface area (Å²) in [6.07, 6.45) is 0.549. The maximum atomic E-state index is 6.43. The number of thiophene rings is 1. The van der Waals surface area contributed by atoms with Gasteiger partial charge in [-0.25, -0.2) is 5.01 Å². The molecule has 0 unspecified atom stereocenters. The van der Waals surface area contributed by atoms with E-state index in [1.165, 1.54) is 0 Å². The predicted molar refractivity (Wildman–Crippen MR) is 114 cm³/mol. The molecule has 0 spiro atoms. The summed E-state index contributed by atoms with van der Waals surface area (Å²) in [5.74, 6) is 2.45. The summed E-state index contributed by atoms with van der Waals surface area (Å²) in [5.41, 5.74) is 4.38. The maximum absolute atomic E-state index is 6.43. The molecule has 2 atom stereocenters. The number of para-hydroxylation sites is 1. The SMILES string of the molecule is CCOc1ccc(C2=NN3[C@@H](c4ccsc4)Oc4c(OC)cccc4[C@@H]3C2)cc1. The average molecular weight is 407 g/mol. The summed E-state index contributed by atoms with van der Waals surface area (Å²) in [6.45, 7) is 2.65. The zero-order valence-corrected chi connectivity index (χ0v) is 17.2. The van der Waals surface area contributed by atoms with Crippen molar-refractivity contribution in [2.24, 2.45) is 5.10 Å². The first-order valence-corrected chi connectivity index (χ1v) is 10.7. The van der Waals surface area contributed by atoms with Crippen molar-refractivity contribution in [1.29, 1.82) is 0 Å². The Balaban J connectivity index is 1.54. The molecule has 0 fully saturated rings. The third-order valence-corrected chi connectivity index (χ3v) is 6.03. The summed E-state index contributed by atoms with van der Waals surface area (Å²) < 4.78 is 17.6. The Labute approximate surface area is 174 Å². The largest absolute Gasteiger partial charge is 0.494 e. The van der Waals surface area contributed by atoms with E-state index in [0.29, 0.717) is 6.61 Å². The lowest BCUT2D eigenvalue weighted by atomic mass is 9.96. The first kappa shape index (κ1) is 18.1. The standard InChI is InChI=1S/C23H22N2O3S/c1-3-27-17-9-7-15(8-10-17)19-13-20-18-5-4-6-21(26-2)22(18)28-23(25(20)24-19)16-11-12-29-14-16/h4-12,14,20,23H,3,13H2,1-2H3/t20-,23+/m0/s1. The average Bonchev–Trinajstić information content (AvgIpc) is 3.44. The number of benzene rings is 2. The van der Waals surface area contributed by atoms with Gasteiger partial charge in [0.2, 0.25) is 6.23 Å². The van der Waals surface area contributed by atoms with Crippen LogP contribution < -0.4 is 14.2 Å². The van der Waals surface area contributed by atoms with E-state index in [-0.39, 0.29) is 12.3 Å². The van der Waals surface area contributed by atoms with Crippen molar-refractivity contribution in [3.05, 3.63) is 76.0 Å². The van der Waals surface area contributed by atoms with Crippen molar-refractivity contribution < 1.29 is 14.2 Å². The summed E-state index contributed by atoms with van der Waals surface area (Å²) in [6, 6.07) is 16.4. The first-order chi connectivity index (χ1) is 14.3. The smallest absolute Gasteiger partial charge is 0.214 e. The number of nitrogens with zero attached hydrogens (tertiary/aromatic N) is 2. The van der Waals surface area contributed by atoms with Gasteiger partial charge < -0.3 is 14.2 Å². The summed E-state index contributed by atoms with van der Waals surface area (Å²) in [4.78, 5) is 0. The number of methoxy groups -OCH3 is 1. The lowest BCUT2D eigenvalue weighted by Gasteiger charge is -2.38. The molecular weight excluding hydrogens is 384 g/mol. The molecule has 0 aliphatic carbocycles. The Morgan fingerprint density at radius 3 is 2.76 bits per heavy atom. The summed E-state index contributed by atoms with van der Waals surface area (Å²) in [5, 5.41) is 11.3. The minimum atomic E-state index is -0.268. The monoisotopic (exact) mass is 406 g/mol. The van der Waals surface area contributed by atoms with Gasteiger partial charge >= 0.3 is 0 Å². The fourth-order valence-electron chi connectivity index (χ4n) is 3.96. The van der Waals surface area contributed by atoms with Crippen molar-refractivity contribution in [3.63, 3.8) is 0 Å². The molecule has 2 aliphatic heterocycles. The second kappa shape index (κ2) is 7.44. The summed E-state index contributed by atoms with van der Waals surface area (Å²) in [7, 11) is 1.68. The van der Waals surface area contributed by atoms with Crippen molar-refractivity contribution in [1.82, 2.24) is 5.01 Å². The van der Waals surface area contributed by atoms with Crippen LogP contribution in [0.15, 0.2) is 64.4 Å². The highest BCUT2D eigenvalue weighted by molar-refractivity contribution is 7.07. The van der Waals surface area contributed by atoms with Gasteiger partial charge in [-0.15, -0.1) is 0 Å². The Kier molecular flexibility index (Phi) is 4.64. The van der Waals surface area contributed by atoms with Crippen molar-refractivity contribution in [2.45, 2.75) is 25.6 Å². The van der Waals surface area contributed by atoms with Gasteiger partial charge in [-0.2, -0.15) is 16.4 Å². The van der Waals surface area contributed by atoms with Crippen LogP contribution in [-0.2, 0) is 0 Å². The van der Waals surface area contributed by atoms with Crippen molar-refractivity contribution in [3.8, 4) is 17.2 Å². The van der Waals surface area contributed by atoms with Crippen LogP contribution in [0.25, 0.3) is 0 Å². The van der Waals surface area contributed by atoms with E-state index >= 15 is 0 Å². The molecule has 29 heavy (non-hydrogen) atoms. The number of hydrogen-bond acceptors (Lipinski definition) is 6. The molecule has 0 N–H and O–H groups in total. The number of rotatable bonds is 5. The lowest BCUT2D eigenvalue weighted by Crippen LogP contribution is -2.33. The molecule has 0 saturated heterocycles. The fourth-order valence-corrected chi connectivity index (χ4v) is 4.63. The van der Waals surface area contributed by atoms with Gasteiger partial charge in [0.15, 0.2) is 11.5 Å². The van der Waals surface area contributed by atoms with Crippen LogP contribution >= 0.6 is 11.3 Å². The molecule has 148 valence electrons. The highest BCUT2D eigenvalue weighted by atomic mass is 32.1.